The first-order valence-electron chi connectivity index (χ1n) is 7.70. The zero-order valence-corrected chi connectivity index (χ0v) is 14.5. The number of halogens is 1. The van der Waals surface area contributed by atoms with Crippen LogP contribution in [0.4, 0.5) is 0 Å². The Hall–Kier alpha value is -3.65. The van der Waals surface area contributed by atoms with Crippen LogP contribution in [0.5, 0.6) is 5.88 Å². The molecule has 3 aromatic rings. The Morgan fingerprint density at radius 3 is 2.44 bits per heavy atom. The van der Waals surface area contributed by atoms with Crippen molar-refractivity contribution in [2.75, 3.05) is 0 Å². The van der Waals surface area contributed by atoms with Crippen molar-refractivity contribution in [1.82, 2.24) is 15.0 Å². The third kappa shape index (κ3) is 3.96. The van der Waals surface area contributed by atoms with Crippen LogP contribution in [0.15, 0.2) is 69.3 Å². The van der Waals surface area contributed by atoms with E-state index in [2.05, 4.69) is 15.5 Å². The Balaban J connectivity index is 1.93. The van der Waals surface area contributed by atoms with Crippen molar-refractivity contribution in [3.05, 3.63) is 91.6 Å². The maximum absolute atomic E-state index is 12.1. The largest absolute Gasteiger partial charge is 0.493 e. The molecule has 0 atom stereocenters. The van der Waals surface area contributed by atoms with E-state index in [0.717, 1.165) is 10.8 Å². The first kappa shape index (κ1) is 18.2. The van der Waals surface area contributed by atoms with E-state index < -0.39 is 23.0 Å². The second-order valence-electron chi connectivity index (χ2n) is 5.37. The summed E-state index contributed by atoms with van der Waals surface area (Å²) in [6, 6.07) is 14.4. The molecule has 136 valence electrons. The van der Waals surface area contributed by atoms with E-state index in [1.165, 1.54) is 24.3 Å². The maximum Gasteiger partial charge on any atom is 0.335 e. The zero-order valence-electron chi connectivity index (χ0n) is 13.7. The standard InChI is InChI=1S/C18H13ClN4O4/c19-12-6-8-13(9-7-12)23-17(26)14(16(25)21-18(23)27)10-20-22-15(24)11-4-2-1-3-5-11/h1-10,26H,(H,22,24)(H,21,25,27). The van der Waals surface area contributed by atoms with Gasteiger partial charge in [0, 0.05) is 10.6 Å². The molecule has 3 rings (SSSR count). The molecule has 0 aliphatic carbocycles. The van der Waals surface area contributed by atoms with Gasteiger partial charge < -0.3 is 5.11 Å². The number of amides is 1. The van der Waals surface area contributed by atoms with E-state index in [-0.39, 0.29) is 5.56 Å². The minimum atomic E-state index is -0.847. The Morgan fingerprint density at radius 2 is 1.78 bits per heavy atom. The van der Waals surface area contributed by atoms with Crippen molar-refractivity contribution in [2.24, 2.45) is 5.10 Å². The first-order valence-corrected chi connectivity index (χ1v) is 8.08. The number of hydrogen-bond donors (Lipinski definition) is 3. The lowest BCUT2D eigenvalue weighted by atomic mass is 10.2. The second kappa shape index (κ2) is 7.71. The molecule has 0 saturated carbocycles. The lowest BCUT2D eigenvalue weighted by Gasteiger charge is -2.09. The highest BCUT2D eigenvalue weighted by Crippen LogP contribution is 2.17. The van der Waals surface area contributed by atoms with Crippen molar-refractivity contribution in [3.8, 4) is 11.6 Å². The number of aromatic amines is 1. The smallest absolute Gasteiger partial charge is 0.335 e. The van der Waals surface area contributed by atoms with Crippen LogP contribution in [0, 0.1) is 0 Å². The molecule has 0 aliphatic rings. The van der Waals surface area contributed by atoms with Crippen LogP contribution in [0.25, 0.3) is 5.69 Å². The molecule has 1 amide bonds. The zero-order chi connectivity index (χ0) is 19.4. The van der Waals surface area contributed by atoms with E-state index in [9.17, 15) is 19.5 Å². The van der Waals surface area contributed by atoms with Gasteiger partial charge in [0.2, 0.25) is 5.88 Å². The highest BCUT2D eigenvalue weighted by atomic mass is 35.5. The fourth-order valence-corrected chi connectivity index (χ4v) is 2.42. The summed E-state index contributed by atoms with van der Waals surface area (Å²) in [5, 5.41) is 14.5. The van der Waals surface area contributed by atoms with Crippen molar-refractivity contribution in [3.63, 3.8) is 0 Å². The minimum absolute atomic E-state index is 0.293. The van der Waals surface area contributed by atoms with Crippen LogP contribution in [0.1, 0.15) is 15.9 Å². The van der Waals surface area contributed by atoms with Crippen LogP contribution < -0.4 is 16.7 Å². The molecule has 0 radical (unpaired) electrons. The number of H-pyrrole nitrogens is 1. The molecule has 1 aromatic heterocycles. The lowest BCUT2D eigenvalue weighted by Crippen LogP contribution is -2.31. The molecule has 1 heterocycles. The van der Waals surface area contributed by atoms with Gasteiger partial charge in [-0.05, 0) is 36.4 Å². The van der Waals surface area contributed by atoms with E-state index in [0.29, 0.717) is 16.3 Å². The molecule has 2 aromatic carbocycles. The number of aromatic hydroxyl groups is 1. The van der Waals surface area contributed by atoms with Gasteiger partial charge in [0.05, 0.1) is 11.9 Å². The molecule has 3 N–H and O–H groups in total. The molecular formula is C18H13ClN4O4. The van der Waals surface area contributed by atoms with Crippen molar-refractivity contribution < 1.29 is 9.90 Å². The molecular weight excluding hydrogens is 372 g/mol. The summed E-state index contributed by atoms with van der Waals surface area (Å²) in [6.07, 6.45) is 0.959. The third-order valence-corrected chi connectivity index (χ3v) is 3.85. The number of hydrazone groups is 1. The van der Waals surface area contributed by atoms with Crippen LogP contribution in [0.2, 0.25) is 5.02 Å². The van der Waals surface area contributed by atoms with E-state index in [1.807, 2.05) is 0 Å². The number of nitrogens with zero attached hydrogens (tertiary/aromatic N) is 2. The second-order valence-corrected chi connectivity index (χ2v) is 5.81. The Labute approximate surface area is 157 Å². The van der Waals surface area contributed by atoms with Gasteiger partial charge in [0.15, 0.2) is 0 Å². The van der Waals surface area contributed by atoms with Gasteiger partial charge in [0.1, 0.15) is 5.56 Å². The Bertz CT molecular complexity index is 1120. The SMILES string of the molecule is O=C(NN=Cc1c(O)n(-c2ccc(Cl)cc2)c(=O)[nH]c1=O)c1ccccc1. The highest BCUT2D eigenvalue weighted by molar-refractivity contribution is 6.30. The predicted octanol–water partition coefficient (Wildman–Crippen LogP) is 1.65. The Kier molecular flexibility index (Phi) is 5.18. The summed E-state index contributed by atoms with van der Waals surface area (Å²) in [6.45, 7) is 0. The summed E-state index contributed by atoms with van der Waals surface area (Å²) in [5.41, 5.74) is 0.943. The van der Waals surface area contributed by atoms with Gasteiger partial charge in [-0.15, -0.1) is 0 Å². The summed E-state index contributed by atoms with van der Waals surface area (Å²) >= 11 is 5.81. The molecule has 0 saturated heterocycles. The average molecular weight is 385 g/mol. The van der Waals surface area contributed by atoms with Gasteiger partial charge >= 0.3 is 5.69 Å². The third-order valence-electron chi connectivity index (χ3n) is 3.60. The fraction of sp³-hybridized carbons (Fsp3) is 0. The van der Waals surface area contributed by atoms with Crippen molar-refractivity contribution in [1.29, 1.82) is 0 Å². The highest BCUT2D eigenvalue weighted by Gasteiger charge is 2.14. The van der Waals surface area contributed by atoms with Gasteiger partial charge in [-0.2, -0.15) is 5.10 Å². The lowest BCUT2D eigenvalue weighted by molar-refractivity contribution is 0.0955. The molecule has 9 heteroatoms. The molecule has 0 unspecified atom stereocenters. The quantitative estimate of drug-likeness (QED) is 0.468. The van der Waals surface area contributed by atoms with Crippen LogP contribution in [-0.4, -0.2) is 26.8 Å². The molecule has 0 fully saturated rings. The molecule has 27 heavy (non-hydrogen) atoms. The number of hydrogen-bond acceptors (Lipinski definition) is 5. The summed E-state index contributed by atoms with van der Waals surface area (Å²) in [7, 11) is 0. The van der Waals surface area contributed by atoms with E-state index >= 15 is 0 Å². The maximum atomic E-state index is 12.1. The van der Waals surface area contributed by atoms with Gasteiger partial charge in [-0.3, -0.25) is 14.6 Å². The molecule has 0 bridgehead atoms. The number of benzene rings is 2. The monoisotopic (exact) mass is 384 g/mol. The van der Waals surface area contributed by atoms with Gasteiger partial charge in [-0.25, -0.2) is 14.8 Å². The summed E-state index contributed by atoms with van der Waals surface area (Å²) in [4.78, 5) is 38.1. The van der Waals surface area contributed by atoms with Crippen LogP contribution in [0.3, 0.4) is 0 Å². The number of carbonyl (C=O) groups excluding carboxylic acids is 1. The number of nitrogens with one attached hydrogen (secondary N) is 2. The van der Waals surface area contributed by atoms with E-state index in [4.69, 9.17) is 11.6 Å². The summed E-state index contributed by atoms with van der Waals surface area (Å²) in [5.74, 6) is -1.11. The molecule has 8 nitrogen and oxygen atoms in total. The van der Waals surface area contributed by atoms with Crippen LogP contribution in [-0.2, 0) is 0 Å². The number of carbonyl (C=O) groups is 1. The van der Waals surface area contributed by atoms with Gasteiger partial charge in [0.25, 0.3) is 11.5 Å². The topological polar surface area (TPSA) is 117 Å². The minimum Gasteiger partial charge on any atom is -0.493 e. The van der Waals surface area contributed by atoms with Crippen molar-refractivity contribution in [2.45, 2.75) is 0 Å². The first-order chi connectivity index (χ1) is 13.0. The predicted molar refractivity (Wildman–Crippen MR) is 101 cm³/mol. The fourth-order valence-electron chi connectivity index (χ4n) is 2.29. The van der Waals surface area contributed by atoms with E-state index in [1.54, 1.807) is 30.3 Å². The van der Waals surface area contributed by atoms with Gasteiger partial charge in [-0.1, -0.05) is 29.8 Å². The molecule has 0 aliphatic heterocycles. The number of aromatic nitrogens is 2. The average Bonchev–Trinajstić information content (AvgIpc) is 2.66. The van der Waals surface area contributed by atoms with Crippen LogP contribution >= 0.6 is 11.6 Å². The van der Waals surface area contributed by atoms with Crippen molar-refractivity contribution >= 4 is 23.7 Å². The molecule has 0 spiro atoms. The normalized spacial score (nSPS) is 10.9. The Morgan fingerprint density at radius 1 is 1.11 bits per heavy atom. The number of rotatable bonds is 4. The summed E-state index contributed by atoms with van der Waals surface area (Å²) < 4.78 is 0.887.